The summed E-state index contributed by atoms with van der Waals surface area (Å²) in [5, 5.41) is 0. The molecule has 0 saturated heterocycles. The second-order valence-electron chi connectivity index (χ2n) is 8.52. The van der Waals surface area contributed by atoms with E-state index in [9.17, 15) is 0 Å². The fraction of sp³-hybridized carbons (Fsp3) is 0.417. The largest absolute Gasteiger partial charge is 0.343 e. The van der Waals surface area contributed by atoms with Gasteiger partial charge in [-0.2, -0.15) is 0 Å². The molecule has 1 aliphatic carbocycles. The van der Waals surface area contributed by atoms with Gasteiger partial charge in [0, 0.05) is 29.4 Å². The van der Waals surface area contributed by atoms with E-state index in [1.807, 2.05) is 0 Å². The molecular weight excluding hydrogens is 302 g/mol. The first-order valence-corrected chi connectivity index (χ1v) is 9.62. The highest BCUT2D eigenvalue weighted by atomic mass is 15.2. The first kappa shape index (κ1) is 16.4. The summed E-state index contributed by atoms with van der Waals surface area (Å²) < 4.78 is 0. The summed E-state index contributed by atoms with van der Waals surface area (Å²) >= 11 is 0. The number of rotatable bonds is 3. The summed E-state index contributed by atoms with van der Waals surface area (Å²) in [6.07, 6.45) is 9.37. The molecule has 1 nitrogen and oxygen atoms in total. The van der Waals surface area contributed by atoms with Crippen molar-refractivity contribution in [3.8, 4) is 0 Å². The second-order valence-corrected chi connectivity index (χ2v) is 8.52. The highest BCUT2D eigenvalue weighted by Crippen LogP contribution is 2.56. The molecule has 1 aromatic carbocycles. The van der Waals surface area contributed by atoms with Gasteiger partial charge in [-0.3, -0.25) is 0 Å². The van der Waals surface area contributed by atoms with Crippen molar-refractivity contribution in [2.24, 2.45) is 5.41 Å². The van der Waals surface area contributed by atoms with Gasteiger partial charge in [0.1, 0.15) is 0 Å². The molecular formula is C24H29N. The van der Waals surface area contributed by atoms with Crippen LogP contribution in [0, 0.1) is 5.41 Å². The first-order chi connectivity index (χ1) is 11.9. The van der Waals surface area contributed by atoms with Gasteiger partial charge in [-0.25, -0.2) is 0 Å². The highest BCUT2D eigenvalue weighted by Gasteiger charge is 2.50. The molecule has 0 N–H and O–H groups in total. The Morgan fingerprint density at radius 1 is 1.28 bits per heavy atom. The summed E-state index contributed by atoms with van der Waals surface area (Å²) in [6.45, 7) is 15.8. The molecule has 1 aromatic rings. The molecule has 0 amide bonds. The van der Waals surface area contributed by atoms with Crippen molar-refractivity contribution in [2.45, 2.75) is 58.4 Å². The summed E-state index contributed by atoms with van der Waals surface area (Å²) in [7, 11) is 0. The van der Waals surface area contributed by atoms with Crippen LogP contribution in [0.5, 0.6) is 0 Å². The number of nitrogens with zero attached hydrogens (tertiary/aromatic N) is 1. The molecule has 2 aliphatic heterocycles. The van der Waals surface area contributed by atoms with Crippen LogP contribution in [-0.2, 0) is 0 Å². The molecule has 4 rings (SSSR count). The summed E-state index contributed by atoms with van der Waals surface area (Å²) in [6, 6.07) is 9.49. The number of allylic oxidation sites excluding steroid dienone is 4. The van der Waals surface area contributed by atoms with E-state index >= 15 is 0 Å². The minimum atomic E-state index is 0.309. The van der Waals surface area contributed by atoms with Crippen LogP contribution in [0.1, 0.15) is 63.5 Å². The molecule has 2 heterocycles. The van der Waals surface area contributed by atoms with Crippen molar-refractivity contribution in [2.75, 3.05) is 0 Å². The average molecular weight is 332 g/mol. The number of hydrogen-bond acceptors (Lipinski definition) is 1. The number of hydrogen-bond donors (Lipinski definition) is 0. The van der Waals surface area contributed by atoms with Gasteiger partial charge in [-0.05, 0) is 53.0 Å². The molecule has 0 spiro atoms. The summed E-state index contributed by atoms with van der Waals surface area (Å²) in [5.74, 6) is 0.617. The van der Waals surface area contributed by atoms with Gasteiger partial charge in [0.05, 0.1) is 0 Å². The van der Waals surface area contributed by atoms with Crippen LogP contribution in [0.25, 0.3) is 5.70 Å². The monoisotopic (exact) mass is 331 g/mol. The molecule has 1 heteroatoms. The van der Waals surface area contributed by atoms with Gasteiger partial charge in [0.15, 0.2) is 0 Å². The second kappa shape index (κ2) is 5.76. The van der Waals surface area contributed by atoms with Gasteiger partial charge in [0.25, 0.3) is 0 Å². The van der Waals surface area contributed by atoms with Crippen LogP contribution in [0.2, 0.25) is 0 Å². The van der Waals surface area contributed by atoms with Crippen LogP contribution in [-0.4, -0.2) is 10.9 Å². The zero-order valence-corrected chi connectivity index (χ0v) is 15.8. The lowest BCUT2D eigenvalue weighted by molar-refractivity contribution is 0.195. The number of fused-ring (bicyclic) bond motifs is 6. The van der Waals surface area contributed by atoms with E-state index in [-0.39, 0.29) is 0 Å². The zero-order valence-electron chi connectivity index (χ0n) is 15.8. The van der Waals surface area contributed by atoms with Crippen molar-refractivity contribution in [3.63, 3.8) is 0 Å². The quantitative estimate of drug-likeness (QED) is 0.617. The van der Waals surface area contributed by atoms with Crippen molar-refractivity contribution in [1.29, 1.82) is 0 Å². The molecule has 1 saturated carbocycles. The van der Waals surface area contributed by atoms with Gasteiger partial charge in [0.2, 0.25) is 0 Å². The topological polar surface area (TPSA) is 3.24 Å². The van der Waals surface area contributed by atoms with E-state index in [0.29, 0.717) is 17.4 Å². The Morgan fingerprint density at radius 3 is 2.80 bits per heavy atom. The third-order valence-electron chi connectivity index (χ3n) is 6.35. The van der Waals surface area contributed by atoms with E-state index in [4.69, 9.17) is 0 Å². The Morgan fingerprint density at radius 2 is 2.04 bits per heavy atom. The lowest BCUT2D eigenvalue weighted by Crippen LogP contribution is -2.45. The van der Waals surface area contributed by atoms with Crippen LogP contribution in [0.3, 0.4) is 0 Å². The van der Waals surface area contributed by atoms with Crippen molar-refractivity contribution >= 4 is 5.70 Å². The van der Waals surface area contributed by atoms with Crippen LogP contribution in [0.4, 0.5) is 0 Å². The maximum atomic E-state index is 4.35. The maximum Gasteiger partial charge on any atom is 0.0491 e. The van der Waals surface area contributed by atoms with E-state index in [2.05, 4.69) is 75.4 Å². The maximum absolute atomic E-state index is 4.35. The van der Waals surface area contributed by atoms with Crippen LogP contribution < -0.4 is 0 Å². The lowest BCUT2D eigenvalue weighted by atomic mass is 9.75. The standard InChI is InChI=1S/C24H29N/c1-6-9-16(2)21-15-25-22(14-17(21)3)19-11-8-7-10-18(19)20-12-13-24(4,5)23(20)25/h7-8,10-11,14-15,20,23H,2-3,6,9,12-13H2,1,4-5H3. The smallest absolute Gasteiger partial charge is 0.0491 e. The molecule has 3 aliphatic rings. The van der Waals surface area contributed by atoms with Crippen LogP contribution in [0.15, 0.2) is 66.4 Å². The van der Waals surface area contributed by atoms with Gasteiger partial charge >= 0.3 is 0 Å². The van der Waals surface area contributed by atoms with Gasteiger partial charge in [-0.1, -0.05) is 64.6 Å². The third kappa shape index (κ3) is 2.44. The van der Waals surface area contributed by atoms with E-state index in [1.54, 1.807) is 0 Å². The van der Waals surface area contributed by atoms with E-state index in [1.165, 1.54) is 40.8 Å². The van der Waals surface area contributed by atoms with E-state index in [0.717, 1.165) is 18.4 Å². The molecule has 0 aromatic heterocycles. The SMILES string of the molecule is C=C1C=C2c3ccccc3C3CCC(C)(C)C3N2C=C1C(=C)CCC. The predicted molar refractivity (Wildman–Crippen MR) is 107 cm³/mol. The Kier molecular flexibility index (Phi) is 3.79. The van der Waals surface area contributed by atoms with Gasteiger partial charge < -0.3 is 4.90 Å². The summed E-state index contributed by atoms with van der Waals surface area (Å²) in [5.41, 5.74) is 8.11. The lowest BCUT2D eigenvalue weighted by Gasteiger charge is -2.47. The molecule has 1 fully saturated rings. The normalized spacial score (nSPS) is 26.4. The predicted octanol–water partition coefficient (Wildman–Crippen LogP) is 6.43. The molecule has 2 atom stereocenters. The number of benzene rings is 1. The molecule has 0 bridgehead atoms. The van der Waals surface area contributed by atoms with E-state index < -0.39 is 0 Å². The molecule has 130 valence electrons. The Bertz CT molecular complexity index is 805. The molecule has 0 radical (unpaired) electrons. The summed E-state index contributed by atoms with van der Waals surface area (Å²) in [4.78, 5) is 2.56. The van der Waals surface area contributed by atoms with Crippen molar-refractivity contribution < 1.29 is 0 Å². The molecule has 25 heavy (non-hydrogen) atoms. The molecule has 2 unspecified atom stereocenters. The average Bonchev–Trinajstić information content (AvgIpc) is 2.91. The van der Waals surface area contributed by atoms with Crippen molar-refractivity contribution in [1.82, 2.24) is 4.90 Å². The fourth-order valence-electron chi connectivity index (χ4n) is 5.14. The first-order valence-electron chi connectivity index (χ1n) is 9.62. The minimum absolute atomic E-state index is 0.309. The van der Waals surface area contributed by atoms with Crippen LogP contribution >= 0.6 is 0 Å². The minimum Gasteiger partial charge on any atom is -0.343 e. The zero-order chi connectivity index (χ0) is 17.8. The van der Waals surface area contributed by atoms with Gasteiger partial charge in [-0.15, -0.1) is 0 Å². The Labute approximate surface area is 152 Å². The van der Waals surface area contributed by atoms with Crippen molar-refractivity contribution in [3.05, 3.63) is 77.5 Å². The highest BCUT2D eigenvalue weighted by molar-refractivity contribution is 5.77. The Hall–Kier alpha value is -2.02. The third-order valence-corrected chi connectivity index (χ3v) is 6.35. The Balaban J connectivity index is 1.87. The fourth-order valence-corrected chi connectivity index (χ4v) is 5.14.